The summed E-state index contributed by atoms with van der Waals surface area (Å²) >= 11 is 11.9. The van der Waals surface area contributed by atoms with Crippen molar-refractivity contribution in [3.05, 3.63) is 58.6 Å². The maximum Gasteiger partial charge on any atom is 0.323 e. The van der Waals surface area contributed by atoms with Crippen LogP contribution in [0.4, 0.5) is 16.2 Å². The molecule has 0 heterocycles. The van der Waals surface area contributed by atoms with Crippen molar-refractivity contribution in [2.75, 3.05) is 44.9 Å². The second kappa shape index (κ2) is 11.4. The Labute approximate surface area is 186 Å². The number of urea groups is 1. The van der Waals surface area contributed by atoms with Gasteiger partial charge in [0.1, 0.15) is 12.4 Å². The van der Waals surface area contributed by atoms with Crippen LogP contribution in [0.1, 0.15) is 5.56 Å². The van der Waals surface area contributed by atoms with Gasteiger partial charge in [0.25, 0.3) is 0 Å². The van der Waals surface area contributed by atoms with Crippen LogP contribution in [0.2, 0.25) is 5.02 Å². The van der Waals surface area contributed by atoms with Crippen molar-refractivity contribution in [1.82, 2.24) is 9.91 Å². The maximum absolute atomic E-state index is 12.4. The van der Waals surface area contributed by atoms with Gasteiger partial charge < -0.3 is 20.3 Å². The van der Waals surface area contributed by atoms with Gasteiger partial charge in [-0.15, -0.1) is 0 Å². The van der Waals surface area contributed by atoms with Gasteiger partial charge in [0.15, 0.2) is 0 Å². The van der Waals surface area contributed by atoms with E-state index in [9.17, 15) is 4.79 Å². The minimum Gasteiger partial charge on any atom is -0.492 e. The van der Waals surface area contributed by atoms with Crippen LogP contribution in [0.25, 0.3) is 5.70 Å². The lowest BCUT2D eigenvalue weighted by molar-refractivity contribution is 0.260. The van der Waals surface area contributed by atoms with Crippen LogP contribution in [0.5, 0.6) is 5.75 Å². The normalized spacial score (nSPS) is 11.2. The number of hydrogen-bond acceptors (Lipinski definition) is 5. The molecule has 160 valence electrons. The summed E-state index contributed by atoms with van der Waals surface area (Å²) in [4.78, 5) is 14.4. The van der Waals surface area contributed by atoms with Gasteiger partial charge in [0.05, 0.1) is 5.70 Å². The zero-order chi connectivity index (χ0) is 22.1. The van der Waals surface area contributed by atoms with Crippen molar-refractivity contribution in [2.45, 2.75) is 0 Å². The number of hydrogen-bond donors (Lipinski definition) is 2. The van der Waals surface area contributed by atoms with E-state index in [0.717, 1.165) is 6.54 Å². The molecule has 0 radical (unpaired) electrons. The summed E-state index contributed by atoms with van der Waals surface area (Å²) in [6.07, 6.45) is 0. The molecule has 2 aromatic rings. The number of nitrogens with one attached hydrogen (secondary N) is 2. The van der Waals surface area contributed by atoms with Crippen LogP contribution < -0.4 is 15.4 Å². The number of benzene rings is 2. The van der Waals surface area contributed by atoms with Crippen molar-refractivity contribution in [3.63, 3.8) is 0 Å². The summed E-state index contributed by atoms with van der Waals surface area (Å²) in [6, 6.07) is 11.7. The van der Waals surface area contributed by atoms with Crippen LogP contribution in [-0.2, 0) is 0 Å². The molecule has 0 aliphatic rings. The Morgan fingerprint density at radius 3 is 2.37 bits per heavy atom. The monoisotopic (exact) mass is 449 g/mol. The van der Waals surface area contributed by atoms with Gasteiger partial charge in [-0.2, -0.15) is 5.10 Å². The van der Waals surface area contributed by atoms with E-state index in [0.29, 0.717) is 40.0 Å². The van der Waals surface area contributed by atoms with Crippen molar-refractivity contribution in [2.24, 2.45) is 5.10 Å². The minimum absolute atomic E-state index is 0.392. The number of nitrogens with zero attached hydrogens (tertiary/aromatic N) is 3. The van der Waals surface area contributed by atoms with Crippen molar-refractivity contribution < 1.29 is 9.53 Å². The average molecular weight is 450 g/mol. The number of ether oxygens (including phenoxy) is 1. The number of hydrazone groups is 1. The third-order valence-electron chi connectivity index (χ3n) is 4.08. The zero-order valence-electron chi connectivity index (χ0n) is 17.2. The standard InChI is InChI=1S/C21H25Cl2N5O2/c1-24-28(4)19(14-22)18-13-17(9-10-20(18)30-12-11-27(2)3)26-21(29)25-16-7-5-15(23)6-8-16/h5-10,13-14H,1,11-12H2,2-4H3,(H2,25,26,29)/b19-14+. The van der Waals surface area contributed by atoms with E-state index < -0.39 is 6.03 Å². The Morgan fingerprint density at radius 1 is 1.13 bits per heavy atom. The predicted octanol–water partition coefficient (Wildman–Crippen LogP) is 5.01. The molecule has 2 aromatic carbocycles. The minimum atomic E-state index is -0.392. The molecule has 0 fully saturated rings. The number of halogens is 2. The molecule has 0 aromatic heterocycles. The zero-order valence-corrected chi connectivity index (χ0v) is 18.7. The molecule has 0 bridgehead atoms. The number of rotatable bonds is 9. The lowest BCUT2D eigenvalue weighted by atomic mass is 10.1. The molecule has 0 aliphatic carbocycles. The largest absolute Gasteiger partial charge is 0.492 e. The summed E-state index contributed by atoms with van der Waals surface area (Å²) in [7, 11) is 5.66. The van der Waals surface area contributed by atoms with Gasteiger partial charge in [-0.3, -0.25) is 5.01 Å². The molecular formula is C21H25Cl2N5O2. The SMILES string of the molecule is C=NN(C)/C(=C/Cl)c1cc(NC(=O)Nc2ccc(Cl)cc2)ccc1OCCN(C)C. The number of carbonyl (C=O) groups excluding carboxylic acids is 1. The molecule has 0 atom stereocenters. The molecular weight excluding hydrogens is 425 g/mol. The van der Waals surface area contributed by atoms with Crippen molar-refractivity contribution >= 4 is 53.0 Å². The highest BCUT2D eigenvalue weighted by Crippen LogP contribution is 2.32. The van der Waals surface area contributed by atoms with Gasteiger partial charge in [0, 0.05) is 47.8 Å². The Hall–Kier alpha value is -2.74. The fourth-order valence-corrected chi connectivity index (χ4v) is 2.86. The van der Waals surface area contributed by atoms with E-state index in [1.165, 1.54) is 10.5 Å². The first-order valence-electron chi connectivity index (χ1n) is 9.10. The van der Waals surface area contributed by atoms with Crippen LogP contribution in [0, 0.1) is 0 Å². The third-order valence-corrected chi connectivity index (χ3v) is 4.53. The molecule has 0 spiro atoms. The number of likely N-dealkylation sites (N-methyl/N-ethyl adjacent to an activating group) is 1. The second-order valence-electron chi connectivity index (χ2n) is 6.61. The quantitative estimate of drug-likeness (QED) is 0.416. The molecule has 9 heteroatoms. The van der Waals surface area contributed by atoms with Crippen LogP contribution in [0.3, 0.4) is 0 Å². The smallest absolute Gasteiger partial charge is 0.323 e. The predicted molar refractivity (Wildman–Crippen MR) is 126 cm³/mol. The number of carbonyl (C=O) groups is 1. The highest BCUT2D eigenvalue weighted by Gasteiger charge is 2.15. The summed E-state index contributed by atoms with van der Waals surface area (Å²) < 4.78 is 5.92. The van der Waals surface area contributed by atoms with Gasteiger partial charge in [0.2, 0.25) is 0 Å². The Bertz CT molecular complexity index is 901. The Morgan fingerprint density at radius 2 is 1.77 bits per heavy atom. The van der Waals surface area contributed by atoms with Gasteiger partial charge in [-0.05, 0) is 56.6 Å². The Kier molecular flexibility index (Phi) is 8.98. The molecule has 7 nitrogen and oxygen atoms in total. The molecule has 0 aliphatic heterocycles. The fraction of sp³-hybridized carbons (Fsp3) is 0.238. The molecule has 2 amide bonds. The van der Waals surface area contributed by atoms with E-state index >= 15 is 0 Å². The third kappa shape index (κ3) is 6.95. The van der Waals surface area contributed by atoms with E-state index in [1.54, 1.807) is 49.5 Å². The highest BCUT2D eigenvalue weighted by atomic mass is 35.5. The van der Waals surface area contributed by atoms with Gasteiger partial charge in [-0.25, -0.2) is 4.79 Å². The summed E-state index contributed by atoms with van der Waals surface area (Å²) in [6.45, 7) is 4.77. The number of anilines is 2. The summed E-state index contributed by atoms with van der Waals surface area (Å²) in [5.41, 5.74) is 3.82. The highest BCUT2D eigenvalue weighted by molar-refractivity contribution is 6.30. The molecule has 0 unspecified atom stereocenters. The van der Waals surface area contributed by atoms with Gasteiger partial charge >= 0.3 is 6.03 Å². The molecule has 30 heavy (non-hydrogen) atoms. The van der Waals surface area contributed by atoms with Crippen LogP contribution in [-0.4, -0.2) is 57.0 Å². The van der Waals surface area contributed by atoms with Crippen LogP contribution in [0.15, 0.2) is 53.1 Å². The molecule has 2 rings (SSSR count). The molecule has 0 saturated heterocycles. The second-order valence-corrected chi connectivity index (χ2v) is 7.26. The topological polar surface area (TPSA) is 69.2 Å². The summed E-state index contributed by atoms with van der Waals surface area (Å²) in [5, 5.41) is 11.6. The molecule has 0 saturated carbocycles. The average Bonchev–Trinajstić information content (AvgIpc) is 2.71. The van der Waals surface area contributed by atoms with Crippen molar-refractivity contribution in [1.29, 1.82) is 0 Å². The first-order chi connectivity index (χ1) is 14.3. The van der Waals surface area contributed by atoms with E-state index in [2.05, 4.69) is 22.5 Å². The number of amides is 2. The summed E-state index contributed by atoms with van der Waals surface area (Å²) in [5.74, 6) is 0.614. The van der Waals surface area contributed by atoms with E-state index in [-0.39, 0.29) is 0 Å². The Balaban J connectivity index is 2.23. The molecule has 2 N–H and O–H groups in total. The first-order valence-corrected chi connectivity index (χ1v) is 9.91. The van der Waals surface area contributed by atoms with Gasteiger partial charge in [-0.1, -0.05) is 23.2 Å². The lowest BCUT2D eigenvalue weighted by Crippen LogP contribution is -2.21. The fourth-order valence-electron chi connectivity index (χ4n) is 2.48. The first kappa shape index (κ1) is 23.5. The van der Waals surface area contributed by atoms with Crippen LogP contribution >= 0.6 is 23.2 Å². The van der Waals surface area contributed by atoms with E-state index in [1.807, 2.05) is 19.0 Å². The van der Waals surface area contributed by atoms with Crippen molar-refractivity contribution in [3.8, 4) is 5.75 Å². The maximum atomic E-state index is 12.4. The lowest BCUT2D eigenvalue weighted by Gasteiger charge is -2.21. The van der Waals surface area contributed by atoms with E-state index in [4.69, 9.17) is 27.9 Å².